The first-order valence-corrected chi connectivity index (χ1v) is 9.50. The van der Waals surface area contributed by atoms with Gasteiger partial charge >= 0.3 is 6.09 Å². The number of nitrogens with one attached hydrogen (secondary N) is 2. The van der Waals surface area contributed by atoms with Gasteiger partial charge in [0, 0.05) is 23.7 Å². The molecule has 0 atom stereocenters. The SMILES string of the molecule is CC(C)(C)NC(=O)OCCCNc1c(OCC2CC2)cc(C(N)=O)cc1[N+](=O)[O-]. The number of primary amides is 1. The summed E-state index contributed by atoms with van der Waals surface area (Å²) in [6.07, 6.45) is 2.00. The number of benzene rings is 1. The number of nitrogens with two attached hydrogens (primary N) is 1. The highest BCUT2D eigenvalue weighted by Gasteiger charge is 2.26. The van der Waals surface area contributed by atoms with Gasteiger partial charge in [-0.05, 0) is 52.0 Å². The number of hydrogen-bond donors (Lipinski definition) is 3. The number of alkyl carbamates (subject to hydrolysis) is 1. The third kappa shape index (κ3) is 7.47. The maximum Gasteiger partial charge on any atom is 0.407 e. The molecule has 160 valence electrons. The molecule has 29 heavy (non-hydrogen) atoms. The van der Waals surface area contributed by atoms with Crippen LogP contribution >= 0.6 is 0 Å². The standard InChI is InChI=1S/C19H28N4O6/c1-19(2,3)22-18(25)28-8-4-7-21-16-14(23(26)27)9-13(17(20)24)10-15(16)29-11-12-5-6-12/h9-10,12,21H,4-8,11H2,1-3H3,(H2,20,24)(H,22,25). The number of amides is 2. The van der Waals surface area contributed by atoms with Gasteiger partial charge in [-0.25, -0.2) is 4.79 Å². The second kappa shape index (κ2) is 9.44. The fourth-order valence-corrected chi connectivity index (χ4v) is 2.46. The fourth-order valence-electron chi connectivity index (χ4n) is 2.46. The molecule has 1 aliphatic rings. The van der Waals surface area contributed by atoms with Gasteiger partial charge in [-0.1, -0.05) is 0 Å². The van der Waals surface area contributed by atoms with Gasteiger partial charge in [0.05, 0.1) is 18.1 Å². The number of rotatable bonds is 10. The van der Waals surface area contributed by atoms with Gasteiger partial charge in [0.2, 0.25) is 5.91 Å². The minimum absolute atomic E-state index is 0.00947. The van der Waals surface area contributed by atoms with Crippen LogP contribution in [0, 0.1) is 16.0 Å². The molecular weight excluding hydrogens is 380 g/mol. The Hall–Kier alpha value is -3.04. The molecule has 4 N–H and O–H groups in total. The Morgan fingerprint density at radius 1 is 1.31 bits per heavy atom. The summed E-state index contributed by atoms with van der Waals surface area (Å²) in [7, 11) is 0. The molecule has 0 aliphatic heterocycles. The van der Waals surface area contributed by atoms with E-state index in [1.165, 1.54) is 6.07 Å². The second-order valence-electron chi connectivity index (χ2n) is 8.04. The van der Waals surface area contributed by atoms with Crippen LogP contribution in [0.4, 0.5) is 16.2 Å². The summed E-state index contributed by atoms with van der Waals surface area (Å²) in [5.74, 6) is -0.130. The molecule has 0 bridgehead atoms. The summed E-state index contributed by atoms with van der Waals surface area (Å²) < 4.78 is 10.8. The summed E-state index contributed by atoms with van der Waals surface area (Å²) in [5, 5.41) is 17.1. The Morgan fingerprint density at radius 2 is 2.00 bits per heavy atom. The van der Waals surface area contributed by atoms with Gasteiger partial charge in [0.25, 0.3) is 5.69 Å². The van der Waals surface area contributed by atoms with Crippen LogP contribution in [0.15, 0.2) is 12.1 Å². The first kappa shape index (κ1) is 22.3. The quantitative estimate of drug-likeness (QED) is 0.306. The monoisotopic (exact) mass is 408 g/mol. The van der Waals surface area contributed by atoms with Crippen molar-refractivity contribution in [3.05, 3.63) is 27.8 Å². The van der Waals surface area contributed by atoms with Crippen molar-refractivity contribution in [2.24, 2.45) is 11.7 Å². The first-order valence-electron chi connectivity index (χ1n) is 9.50. The van der Waals surface area contributed by atoms with Crippen molar-refractivity contribution in [2.75, 3.05) is 25.1 Å². The number of anilines is 1. The van der Waals surface area contributed by atoms with Gasteiger partial charge < -0.3 is 25.8 Å². The molecule has 1 aliphatic carbocycles. The lowest BCUT2D eigenvalue weighted by atomic mass is 10.1. The van der Waals surface area contributed by atoms with E-state index < -0.39 is 22.5 Å². The van der Waals surface area contributed by atoms with E-state index in [4.69, 9.17) is 15.2 Å². The highest BCUT2D eigenvalue weighted by atomic mass is 16.6. The molecule has 0 spiro atoms. The van der Waals surface area contributed by atoms with Crippen LogP contribution in [0.25, 0.3) is 0 Å². The fraction of sp³-hybridized carbons (Fsp3) is 0.579. The predicted octanol–water partition coefficient (Wildman–Crippen LogP) is 2.81. The lowest BCUT2D eigenvalue weighted by Crippen LogP contribution is -2.41. The van der Waals surface area contributed by atoms with E-state index in [-0.39, 0.29) is 29.3 Å². The van der Waals surface area contributed by atoms with Crippen molar-refractivity contribution in [1.29, 1.82) is 0 Å². The van der Waals surface area contributed by atoms with Gasteiger partial charge in [0.1, 0.15) is 5.75 Å². The maximum absolute atomic E-state index is 11.6. The van der Waals surface area contributed by atoms with Crippen LogP contribution in [0.2, 0.25) is 0 Å². The molecule has 10 nitrogen and oxygen atoms in total. The van der Waals surface area contributed by atoms with E-state index in [1.54, 1.807) is 0 Å². The molecule has 0 aromatic heterocycles. The number of nitro benzene ring substituents is 1. The molecule has 0 saturated heterocycles. The number of nitro groups is 1. The summed E-state index contributed by atoms with van der Waals surface area (Å²) in [5.41, 5.74) is 4.79. The first-order chi connectivity index (χ1) is 13.6. The van der Waals surface area contributed by atoms with E-state index in [2.05, 4.69) is 10.6 Å². The normalized spacial score (nSPS) is 13.5. The van der Waals surface area contributed by atoms with Crippen LogP contribution in [0.1, 0.15) is 50.4 Å². The van der Waals surface area contributed by atoms with Gasteiger partial charge in [-0.3, -0.25) is 14.9 Å². The number of nitrogens with zero attached hydrogens (tertiary/aromatic N) is 1. The largest absolute Gasteiger partial charge is 0.491 e. The van der Waals surface area contributed by atoms with Crippen LogP contribution in [-0.2, 0) is 4.74 Å². The van der Waals surface area contributed by atoms with Gasteiger partial charge in [-0.2, -0.15) is 0 Å². The maximum atomic E-state index is 11.6. The lowest BCUT2D eigenvalue weighted by Gasteiger charge is -2.20. The van der Waals surface area contributed by atoms with Crippen LogP contribution in [-0.4, -0.2) is 42.2 Å². The third-order valence-electron chi connectivity index (χ3n) is 4.07. The molecule has 2 rings (SSSR count). The molecule has 0 unspecified atom stereocenters. The van der Waals surface area contributed by atoms with Gasteiger partial charge in [0.15, 0.2) is 5.69 Å². The van der Waals surface area contributed by atoms with E-state index in [0.29, 0.717) is 25.5 Å². The number of ether oxygens (including phenoxy) is 2. The van der Waals surface area contributed by atoms with E-state index in [1.807, 2.05) is 20.8 Å². The second-order valence-corrected chi connectivity index (χ2v) is 8.04. The Balaban J connectivity index is 2.02. The molecule has 0 heterocycles. The minimum Gasteiger partial charge on any atom is -0.491 e. The summed E-state index contributed by atoms with van der Waals surface area (Å²) in [6.45, 7) is 6.39. The molecule has 1 aromatic rings. The van der Waals surface area contributed by atoms with E-state index >= 15 is 0 Å². The molecule has 1 aromatic carbocycles. The van der Waals surface area contributed by atoms with E-state index in [0.717, 1.165) is 18.9 Å². The van der Waals surface area contributed by atoms with E-state index in [9.17, 15) is 19.7 Å². The Morgan fingerprint density at radius 3 is 2.55 bits per heavy atom. The summed E-state index contributed by atoms with van der Waals surface area (Å²) >= 11 is 0. The van der Waals surface area contributed by atoms with Crippen LogP contribution in [0.5, 0.6) is 5.75 Å². The Bertz CT molecular complexity index is 771. The zero-order valence-corrected chi connectivity index (χ0v) is 16.9. The third-order valence-corrected chi connectivity index (χ3v) is 4.07. The molecular formula is C19H28N4O6. The average Bonchev–Trinajstić information content (AvgIpc) is 3.42. The average molecular weight is 408 g/mol. The van der Waals surface area contributed by atoms with Crippen molar-refractivity contribution < 1.29 is 24.0 Å². The van der Waals surface area contributed by atoms with Crippen LogP contribution in [0.3, 0.4) is 0 Å². The molecule has 1 saturated carbocycles. The topological polar surface area (TPSA) is 146 Å². The summed E-state index contributed by atoms with van der Waals surface area (Å²) in [4.78, 5) is 34.1. The molecule has 1 fully saturated rings. The number of hydrogen-bond acceptors (Lipinski definition) is 7. The molecule has 0 radical (unpaired) electrons. The summed E-state index contributed by atoms with van der Waals surface area (Å²) in [6, 6.07) is 2.54. The number of carbonyl (C=O) groups is 2. The zero-order chi connectivity index (χ0) is 21.6. The Kier molecular flexibility index (Phi) is 7.24. The van der Waals surface area contributed by atoms with Crippen molar-refractivity contribution in [1.82, 2.24) is 5.32 Å². The highest BCUT2D eigenvalue weighted by molar-refractivity contribution is 5.95. The van der Waals surface area contributed by atoms with Gasteiger partial charge in [-0.15, -0.1) is 0 Å². The highest BCUT2D eigenvalue weighted by Crippen LogP contribution is 2.38. The van der Waals surface area contributed by atoms with Crippen molar-refractivity contribution in [2.45, 2.75) is 45.6 Å². The van der Waals surface area contributed by atoms with Crippen LogP contribution < -0.4 is 21.1 Å². The van der Waals surface area contributed by atoms with Crippen molar-refractivity contribution >= 4 is 23.4 Å². The molecule has 10 heteroatoms. The molecule has 2 amide bonds. The lowest BCUT2D eigenvalue weighted by molar-refractivity contribution is -0.384. The Labute approximate surface area is 169 Å². The number of carbonyl (C=O) groups excluding carboxylic acids is 2. The smallest absolute Gasteiger partial charge is 0.407 e. The minimum atomic E-state index is -0.769. The van der Waals surface area contributed by atoms with Crippen molar-refractivity contribution in [3.8, 4) is 5.75 Å². The zero-order valence-electron chi connectivity index (χ0n) is 16.9. The van der Waals surface area contributed by atoms with Crippen molar-refractivity contribution in [3.63, 3.8) is 0 Å². The predicted molar refractivity (Wildman–Crippen MR) is 107 cm³/mol.